The molecule has 3 aromatic rings. The van der Waals surface area contributed by atoms with Crippen molar-refractivity contribution in [2.75, 3.05) is 17.7 Å². The summed E-state index contributed by atoms with van der Waals surface area (Å²) >= 11 is 0. The summed E-state index contributed by atoms with van der Waals surface area (Å²) in [6, 6.07) is 8.92. The zero-order valence-corrected chi connectivity index (χ0v) is 23.9. The van der Waals surface area contributed by atoms with Crippen molar-refractivity contribution < 1.29 is 13.2 Å². The zero-order valence-electron chi connectivity index (χ0n) is 22.1. The van der Waals surface area contributed by atoms with E-state index in [1.54, 1.807) is 10.9 Å². The fourth-order valence-corrected chi connectivity index (χ4v) is 6.99. The van der Waals surface area contributed by atoms with E-state index in [1.807, 2.05) is 18.2 Å². The number of rotatable bonds is 11. The lowest BCUT2D eigenvalue weighted by Crippen LogP contribution is -2.22. The Labute approximate surface area is 220 Å². The fourth-order valence-electron chi connectivity index (χ4n) is 5.12. The molecule has 2 aliphatic rings. The summed E-state index contributed by atoms with van der Waals surface area (Å²) in [5.74, 6) is 0.332. The van der Waals surface area contributed by atoms with Crippen molar-refractivity contribution >= 4 is 29.5 Å². The molecule has 2 heterocycles. The lowest BCUT2D eigenvalue weighted by atomic mass is 9.99. The van der Waals surface area contributed by atoms with Crippen LogP contribution in [0.4, 0.5) is 11.6 Å². The molecule has 1 aromatic carbocycles. The van der Waals surface area contributed by atoms with E-state index < -0.39 is 17.9 Å². The fraction of sp³-hybridized carbons (Fsp3) is 0.519. The first-order chi connectivity index (χ1) is 17.7. The van der Waals surface area contributed by atoms with Crippen LogP contribution in [0.1, 0.15) is 40.8 Å². The summed E-state index contributed by atoms with van der Waals surface area (Å²) in [5, 5.41) is 7.81. The van der Waals surface area contributed by atoms with Gasteiger partial charge in [0.2, 0.25) is 15.8 Å². The Bertz CT molecular complexity index is 1330. The summed E-state index contributed by atoms with van der Waals surface area (Å²) in [7, 11) is -4.95. The molecule has 198 valence electrons. The number of sulfone groups is 1. The van der Waals surface area contributed by atoms with Crippen LogP contribution in [0.25, 0.3) is 0 Å². The molecule has 0 aliphatic heterocycles. The second kappa shape index (κ2) is 10.7. The molecule has 5 rings (SSSR count). The minimum absolute atomic E-state index is 0.0971. The Morgan fingerprint density at radius 2 is 1.78 bits per heavy atom. The van der Waals surface area contributed by atoms with Crippen molar-refractivity contribution in [2.45, 2.75) is 82.5 Å². The summed E-state index contributed by atoms with van der Waals surface area (Å²) in [4.78, 5) is 8.78. The predicted molar refractivity (Wildman–Crippen MR) is 148 cm³/mol. The molecule has 0 radical (unpaired) electrons. The minimum Gasteiger partial charge on any atom is -0.359 e. The number of nitrogens with zero attached hydrogens (tertiary/aromatic N) is 4. The predicted octanol–water partition coefficient (Wildman–Crippen LogP) is 4.72. The van der Waals surface area contributed by atoms with Gasteiger partial charge < -0.3 is 10.1 Å². The monoisotopic (exact) mass is 539 g/mol. The number of aromatic nitrogens is 4. The SMILES string of the molecule is C[Si](C)(C)CCOCn1nc(S(=O)(=O)CCc2ccccn2)nc1Nc1c2c(cc3c1CCC3)CCC2. The number of anilines is 2. The van der Waals surface area contributed by atoms with E-state index in [1.165, 1.54) is 22.3 Å². The Morgan fingerprint density at radius 1 is 1.05 bits per heavy atom. The van der Waals surface area contributed by atoms with Gasteiger partial charge in [-0.15, -0.1) is 5.10 Å². The van der Waals surface area contributed by atoms with Crippen molar-refractivity contribution in [2.24, 2.45) is 0 Å². The van der Waals surface area contributed by atoms with Gasteiger partial charge in [0.05, 0.1) is 5.75 Å². The second-order valence-corrected chi connectivity index (χ2v) is 18.9. The van der Waals surface area contributed by atoms with Crippen molar-refractivity contribution in [3.63, 3.8) is 0 Å². The maximum atomic E-state index is 13.2. The van der Waals surface area contributed by atoms with E-state index in [-0.39, 0.29) is 17.6 Å². The number of hydrogen-bond acceptors (Lipinski definition) is 7. The standard InChI is InChI=1S/C27H37N5O3SSi/c1-37(2,3)17-15-35-19-32-26(29-25-23-11-6-8-20(23)18-21-9-7-12-24(21)25)30-27(31-32)36(33,34)16-13-22-10-4-5-14-28-22/h4-5,10,14,18H,6-9,11-13,15-17,19H2,1-3H3,(H,29,30,31). The maximum absolute atomic E-state index is 13.2. The van der Waals surface area contributed by atoms with E-state index in [0.717, 1.165) is 56.0 Å². The van der Waals surface area contributed by atoms with Gasteiger partial charge in [-0.05, 0) is 79.0 Å². The minimum atomic E-state index is -3.70. The van der Waals surface area contributed by atoms with Crippen LogP contribution in [-0.2, 0) is 53.4 Å². The van der Waals surface area contributed by atoms with Gasteiger partial charge in [-0.1, -0.05) is 31.8 Å². The van der Waals surface area contributed by atoms with Gasteiger partial charge in [-0.3, -0.25) is 4.98 Å². The maximum Gasteiger partial charge on any atom is 0.268 e. The Hall–Kier alpha value is -2.56. The van der Waals surface area contributed by atoms with E-state index in [0.29, 0.717) is 19.0 Å². The normalized spacial score (nSPS) is 15.1. The summed E-state index contributed by atoms with van der Waals surface area (Å²) in [5.41, 5.74) is 7.33. The van der Waals surface area contributed by atoms with Gasteiger partial charge >= 0.3 is 0 Å². The van der Waals surface area contributed by atoms with Crippen molar-refractivity contribution in [1.82, 2.24) is 19.7 Å². The first-order valence-corrected chi connectivity index (χ1v) is 18.6. The highest BCUT2D eigenvalue weighted by Crippen LogP contribution is 2.39. The molecule has 0 amide bonds. The van der Waals surface area contributed by atoms with Gasteiger partial charge in [0.15, 0.2) is 0 Å². The first kappa shape index (κ1) is 26.1. The largest absolute Gasteiger partial charge is 0.359 e. The molecule has 0 bridgehead atoms. The number of pyridine rings is 1. The molecular weight excluding hydrogens is 502 g/mol. The molecular formula is C27H37N5O3SSi. The smallest absolute Gasteiger partial charge is 0.268 e. The summed E-state index contributed by atoms with van der Waals surface area (Å²) in [6.07, 6.45) is 8.52. The van der Waals surface area contributed by atoms with Crippen LogP contribution in [0.3, 0.4) is 0 Å². The third-order valence-corrected chi connectivity index (χ3v) is 10.4. The number of hydrogen-bond donors (Lipinski definition) is 1. The molecule has 2 aromatic heterocycles. The van der Waals surface area contributed by atoms with Gasteiger partial charge in [0.25, 0.3) is 5.16 Å². The van der Waals surface area contributed by atoms with Crippen molar-refractivity contribution in [1.29, 1.82) is 0 Å². The molecule has 0 unspecified atom stereocenters. The quantitative estimate of drug-likeness (QED) is 0.278. The molecule has 0 saturated heterocycles. The summed E-state index contributed by atoms with van der Waals surface area (Å²) in [6.45, 7) is 7.70. The molecule has 0 saturated carbocycles. The highest BCUT2D eigenvalue weighted by atomic mass is 32.2. The summed E-state index contributed by atoms with van der Waals surface area (Å²) < 4.78 is 34.0. The topological polar surface area (TPSA) is 99.0 Å². The zero-order chi connectivity index (χ0) is 26.0. The van der Waals surface area contributed by atoms with Crippen LogP contribution in [0, 0.1) is 0 Å². The molecule has 1 N–H and O–H groups in total. The number of fused-ring (bicyclic) bond motifs is 2. The average molecular weight is 540 g/mol. The molecule has 0 spiro atoms. The van der Waals surface area contributed by atoms with Crippen LogP contribution in [0.5, 0.6) is 0 Å². The van der Waals surface area contributed by atoms with E-state index in [2.05, 4.69) is 46.1 Å². The molecule has 2 aliphatic carbocycles. The number of ether oxygens (including phenoxy) is 1. The lowest BCUT2D eigenvalue weighted by Gasteiger charge is -2.18. The average Bonchev–Trinajstić information content (AvgIpc) is 3.60. The molecule has 10 heteroatoms. The number of aryl methyl sites for hydroxylation is 3. The van der Waals surface area contributed by atoms with Crippen LogP contribution in [-0.4, -0.2) is 48.6 Å². The van der Waals surface area contributed by atoms with Crippen molar-refractivity contribution in [3.05, 3.63) is 58.4 Å². The number of nitrogens with one attached hydrogen (secondary N) is 1. The highest BCUT2D eigenvalue weighted by Gasteiger charge is 2.27. The van der Waals surface area contributed by atoms with Crippen LogP contribution in [0.2, 0.25) is 25.7 Å². The Kier molecular flexibility index (Phi) is 7.51. The molecule has 37 heavy (non-hydrogen) atoms. The van der Waals surface area contributed by atoms with Crippen LogP contribution in [0.15, 0.2) is 35.6 Å². The number of benzene rings is 1. The third kappa shape index (κ3) is 6.13. The highest BCUT2D eigenvalue weighted by molar-refractivity contribution is 7.91. The first-order valence-electron chi connectivity index (χ1n) is 13.3. The Balaban J connectivity index is 1.43. The van der Waals surface area contributed by atoms with Gasteiger partial charge in [0, 0.05) is 38.7 Å². The van der Waals surface area contributed by atoms with Crippen molar-refractivity contribution in [3.8, 4) is 0 Å². The third-order valence-electron chi connectivity index (χ3n) is 7.20. The van der Waals surface area contributed by atoms with E-state index >= 15 is 0 Å². The molecule has 8 nitrogen and oxygen atoms in total. The van der Waals surface area contributed by atoms with Gasteiger partial charge in [0.1, 0.15) is 6.73 Å². The lowest BCUT2D eigenvalue weighted by molar-refractivity contribution is 0.0792. The van der Waals surface area contributed by atoms with Crippen LogP contribution < -0.4 is 5.32 Å². The van der Waals surface area contributed by atoms with E-state index in [9.17, 15) is 8.42 Å². The second-order valence-electron chi connectivity index (χ2n) is 11.3. The van der Waals surface area contributed by atoms with Gasteiger partial charge in [-0.25, -0.2) is 13.1 Å². The molecule has 0 atom stereocenters. The van der Waals surface area contributed by atoms with E-state index in [4.69, 9.17) is 4.74 Å². The Morgan fingerprint density at radius 3 is 2.43 bits per heavy atom. The molecule has 0 fully saturated rings. The van der Waals surface area contributed by atoms with Crippen LogP contribution >= 0.6 is 0 Å². The van der Waals surface area contributed by atoms with Gasteiger partial charge in [-0.2, -0.15) is 4.98 Å².